The fraction of sp³-hybridized carbons (Fsp3) is 0.583. The first kappa shape index (κ1) is 21.1. The number of aliphatic imine (C=N–C) groups is 1. The van der Waals surface area contributed by atoms with Gasteiger partial charge in [-0.1, -0.05) is 29.1 Å². The molecule has 0 aliphatic carbocycles. The Kier molecular flexibility index (Phi) is 5.49. The van der Waals surface area contributed by atoms with E-state index in [2.05, 4.69) is 46.4 Å². The van der Waals surface area contributed by atoms with Crippen LogP contribution >= 0.6 is 0 Å². The van der Waals surface area contributed by atoms with Crippen molar-refractivity contribution in [1.29, 1.82) is 0 Å². The molecule has 0 spiro atoms. The molecule has 170 valence electrons. The number of urea groups is 1. The number of guanidine groups is 1. The van der Waals surface area contributed by atoms with E-state index in [0.29, 0.717) is 12.4 Å². The average Bonchev–Trinajstić information content (AvgIpc) is 3.19. The average molecular weight is 438 g/mol. The normalized spacial score (nSPS) is 24.2. The van der Waals surface area contributed by atoms with Crippen molar-refractivity contribution in [1.82, 2.24) is 14.7 Å². The van der Waals surface area contributed by atoms with E-state index in [1.54, 1.807) is 11.9 Å². The summed E-state index contributed by atoms with van der Waals surface area (Å²) in [6.45, 7) is 9.11. The molecule has 8 heteroatoms. The number of piperidine rings is 1. The van der Waals surface area contributed by atoms with Crippen LogP contribution in [0.4, 0.5) is 10.5 Å². The Morgan fingerprint density at radius 2 is 1.81 bits per heavy atom. The van der Waals surface area contributed by atoms with Gasteiger partial charge in [0.15, 0.2) is 0 Å². The third-order valence-corrected chi connectivity index (χ3v) is 7.14. The molecule has 0 bridgehead atoms. The molecule has 32 heavy (non-hydrogen) atoms. The smallest absolute Gasteiger partial charge is 0.302 e. The van der Waals surface area contributed by atoms with Crippen LogP contribution < -0.4 is 4.90 Å². The van der Waals surface area contributed by atoms with E-state index in [1.165, 1.54) is 35.3 Å². The second-order valence-electron chi connectivity index (χ2n) is 9.39. The van der Waals surface area contributed by atoms with Crippen molar-refractivity contribution in [3.63, 3.8) is 0 Å². The highest BCUT2D eigenvalue weighted by Gasteiger charge is 2.54. The second kappa shape index (κ2) is 8.31. The molecule has 8 nitrogen and oxygen atoms in total. The summed E-state index contributed by atoms with van der Waals surface area (Å²) in [7, 11) is 1.75. The molecule has 2 saturated heterocycles. The van der Waals surface area contributed by atoms with Crippen LogP contribution in [0.5, 0.6) is 0 Å². The first-order valence-electron chi connectivity index (χ1n) is 11.8. The molecule has 0 saturated carbocycles. The van der Waals surface area contributed by atoms with Crippen LogP contribution in [-0.2, 0) is 4.79 Å². The number of benzene rings is 1. The Morgan fingerprint density at radius 3 is 2.56 bits per heavy atom. The summed E-state index contributed by atoms with van der Waals surface area (Å²) in [6.07, 6.45) is 4.60. The minimum Gasteiger partial charge on any atom is -0.302 e. The van der Waals surface area contributed by atoms with Gasteiger partial charge < -0.3 is 4.90 Å². The van der Waals surface area contributed by atoms with Gasteiger partial charge in [0, 0.05) is 26.6 Å². The van der Waals surface area contributed by atoms with Crippen LogP contribution in [-0.4, -0.2) is 95.4 Å². The number of hydrogen-bond acceptors (Lipinski definition) is 5. The molecular formula is C24H33N6O2+. The number of rotatable bonds is 4. The van der Waals surface area contributed by atoms with Crippen molar-refractivity contribution in [3.05, 3.63) is 29.3 Å². The molecule has 4 aliphatic heterocycles. The quantitative estimate of drug-likeness (QED) is 0.677. The maximum atomic E-state index is 13.6. The molecule has 4 heterocycles. The van der Waals surface area contributed by atoms with Gasteiger partial charge in [0.25, 0.3) is 5.91 Å². The summed E-state index contributed by atoms with van der Waals surface area (Å²) in [4.78, 5) is 39.1. The van der Waals surface area contributed by atoms with E-state index in [4.69, 9.17) is 4.99 Å². The molecule has 5 rings (SSSR count). The molecule has 1 aromatic rings. The van der Waals surface area contributed by atoms with Crippen molar-refractivity contribution in [2.75, 3.05) is 51.2 Å². The predicted octanol–water partition coefficient (Wildman–Crippen LogP) is 2.04. The van der Waals surface area contributed by atoms with E-state index in [1.807, 2.05) is 0 Å². The second-order valence-corrected chi connectivity index (χ2v) is 9.39. The van der Waals surface area contributed by atoms with Gasteiger partial charge in [0.05, 0.1) is 13.1 Å². The Balaban J connectivity index is 1.43. The maximum absolute atomic E-state index is 13.6. The van der Waals surface area contributed by atoms with Crippen LogP contribution in [0.1, 0.15) is 36.8 Å². The zero-order chi connectivity index (χ0) is 22.4. The summed E-state index contributed by atoms with van der Waals surface area (Å²) in [5, 5.41) is 0. The van der Waals surface area contributed by atoms with Gasteiger partial charge in [-0.2, -0.15) is 0 Å². The fourth-order valence-corrected chi connectivity index (χ4v) is 5.42. The SMILES string of the molecule is Cc1ccc(N2CCC[N+]3=C2N=C2C3C(=O)N(CCN3CCCCC3)C(=O)N2C)c(C)c1. The number of fused-ring (bicyclic) bond motifs is 2. The highest BCUT2D eigenvalue weighted by atomic mass is 16.2. The summed E-state index contributed by atoms with van der Waals surface area (Å²) in [5.41, 5.74) is 3.52. The number of likely N-dealkylation sites (N-methyl/N-ethyl adjacent to an activating group) is 1. The molecule has 2 fully saturated rings. The summed E-state index contributed by atoms with van der Waals surface area (Å²) in [5.74, 6) is 1.20. The van der Waals surface area contributed by atoms with Crippen LogP contribution in [0.25, 0.3) is 0 Å². The number of imide groups is 1. The summed E-state index contributed by atoms with van der Waals surface area (Å²) < 4.78 is 2.09. The van der Waals surface area contributed by atoms with Crippen molar-refractivity contribution in [3.8, 4) is 0 Å². The van der Waals surface area contributed by atoms with Gasteiger partial charge in [-0.05, 0) is 51.4 Å². The Labute approximate surface area is 189 Å². The fourth-order valence-electron chi connectivity index (χ4n) is 5.42. The van der Waals surface area contributed by atoms with Gasteiger partial charge in [0.1, 0.15) is 5.69 Å². The number of hydrogen-bond donors (Lipinski definition) is 0. The largest absolute Gasteiger partial charge is 0.397 e. The third kappa shape index (κ3) is 3.50. The van der Waals surface area contributed by atoms with Gasteiger partial charge in [-0.15, -0.1) is 0 Å². The van der Waals surface area contributed by atoms with Crippen molar-refractivity contribution in [2.24, 2.45) is 4.99 Å². The molecule has 0 N–H and O–H groups in total. The lowest BCUT2D eigenvalue weighted by molar-refractivity contribution is -0.539. The first-order chi connectivity index (χ1) is 15.5. The van der Waals surface area contributed by atoms with Crippen LogP contribution in [0.3, 0.4) is 0 Å². The zero-order valence-electron chi connectivity index (χ0n) is 19.4. The van der Waals surface area contributed by atoms with Crippen LogP contribution in [0.15, 0.2) is 23.2 Å². The van der Waals surface area contributed by atoms with Crippen LogP contribution in [0.2, 0.25) is 0 Å². The molecule has 1 atom stereocenters. The number of carbonyl (C=O) groups excluding carboxylic acids is 2. The molecule has 0 aromatic heterocycles. The number of likely N-dealkylation sites (tertiary alicyclic amines) is 1. The van der Waals surface area contributed by atoms with Crippen molar-refractivity contribution < 1.29 is 14.2 Å². The molecular weight excluding hydrogens is 404 g/mol. The van der Waals surface area contributed by atoms with Gasteiger partial charge in [-0.3, -0.25) is 14.6 Å². The van der Waals surface area contributed by atoms with E-state index < -0.39 is 6.04 Å². The lowest BCUT2D eigenvalue weighted by Crippen LogP contribution is -2.64. The number of amides is 3. The molecule has 1 aromatic carbocycles. The van der Waals surface area contributed by atoms with Crippen LogP contribution in [0, 0.1) is 13.8 Å². The number of carbonyl (C=O) groups is 2. The lowest BCUT2D eigenvalue weighted by atomic mass is 10.1. The summed E-state index contributed by atoms with van der Waals surface area (Å²) >= 11 is 0. The number of nitrogens with zero attached hydrogens (tertiary/aromatic N) is 6. The van der Waals surface area contributed by atoms with E-state index in [9.17, 15) is 9.59 Å². The standard InChI is InChI=1S/C24H33N6O2/c1-17-8-9-19(18(2)16-17)28-12-7-13-29-20-21(25-23(28)29)26(3)24(32)30(22(20)31)15-14-27-10-5-4-6-11-27/h8-9,16,20H,4-7,10-15H2,1-3H3/q+1. The molecule has 0 radical (unpaired) electrons. The zero-order valence-corrected chi connectivity index (χ0v) is 19.4. The monoisotopic (exact) mass is 437 g/mol. The summed E-state index contributed by atoms with van der Waals surface area (Å²) in [6, 6.07) is 5.64. The van der Waals surface area contributed by atoms with Crippen molar-refractivity contribution >= 4 is 29.4 Å². The third-order valence-electron chi connectivity index (χ3n) is 7.14. The van der Waals surface area contributed by atoms with Gasteiger partial charge in [-0.25, -0.2) is 14.3 Å². The first-order valence-corrected chi connectivity index (χ1v) is 11.8. The predicted molar refractivity (Wildman–Crippen MR) is 124 cm³/mol. The minimum absolute atomic E-state index is 0.138. The van der Waals surface area contributed by atoms with Gasteiger partial charge >= 0.3 is 12.0 Å². The van der Waals surface area contributed by atoms with Crippen molar-refractivity contribution in [2.45, 2.75) is 45.6 Å². The molecule has 4 aliphatic rings. The number of aryl methyl sites for hydroxylation is 2. The van der Waals surface area contributed by atoms with E-state index in [0.717, 1.165) is 50.8 Å². The lowest BCUT2D eigenvalue weighted by Gasteiger charge is -2.36. The maximum Gasteiger partial charge on any atom is 0.397 e. The minimum atomic E-state index is -0.511. The van der Waals surface area contributed by atoms with E-state index >= 15 is 0 Å². The highest BCUT2D eigenvalue weighted by molar-refractivity contribution is 6.24. The van der Waals surface area contributed by atoms with Gasteiger partial charge in [0.2, 0.25) is 11.9 Å². The Morgan fingerprint density at radius 1 is 1.03 bits per heavy atom. The number of amidine groups is 1. The highest BCUT2D eigenvalue weighted by Crippen LogP contribution is 2.28. The topological polar surface area (TPSA) is 62.5 Å². The molecule has 1 unspecified atom stereocenters. The number of anilines is 1. The Hall–Kier alpha value is -2.74. The molecule has 3 amide bonds. The van der Waals surface area contributed by atoms with E-state index in [-0.39, 0.29) is 11.9 Å². The Bertz CT molecular complexity index is 1010.